The maximum Gasteiger partial charge on any atom is 0.00452 e. The molecule has 0 bridgehead atoms. The summed E-state index contributed by atoms with van der Waals surface area (Å²) in [6, 6.07) is 4.38. The number of thiophene rings is 1. The summed E-state index contributed by atoms with van der Waals surface area (Å²) < 4.78 is 0. The highest BCUT2D eigenvalue weighted by Gasteiger charge is 2.19. The third-order valence-corrected chi connectivity index (χ3v) is 3.67. The molecule has 0 radical (unpaired) electrons. The van der Waals surface area contributed by atoms with Crippen molar-refractivity contribution in [2.45, 2.75) is 32.1 Å². The summed E-state index contributed by atoms with van der Waals surface area (Å²) >= 11 is 1.88. The van der Waals surface area contributed by atoms with Crippen LogP contribution in [0.25, 0.3) is 0 Å². The Labute approximate surface area is 90.5 Å². The van der Waals surface area contributed by atoms with E-state index in [9.17, 15) is 0 Å². The summed E-state index contributed by atoms with van der Waals surface area (Å²) in [6.45, 7) is 2.47. The molecule has 0 spiro atoms. The molecule has 1 aliphatic rings. The van der Waals surface area contributed by atoms with E-state index in [1.54, 1.807) is 0 Å². The van der Waals surface area contributed by atoms with Crippen LogP contribution in [0.2, 0.25) is 0 Å². The van der Waals surface area contributed by atoms with Gasteiger partial charge in [-0.1, -0.05) is 6.07 Å². The van der Waals surface area contributed by atoms with Gasteiger partial charge in [-0.15, -0.1) is 11.3 Å². The van der Waals surface area contributed by atoms with Crippen LogP contribution in [-0.2, 0) is 6.42 Å². The molecule has 1 aliphatic carbocycles. The fraction of sp³-hybridized carbons (Fsp3) is 0.667. The van der Waals surface area contributed by atoms with Crippen LogP contribution in [-0.4, -0.2) is 13.1 Å². The van der Waals surface area contributed by atoms with Crippen molar-refractivity contribution in [1.82, 2.24) is 5.32 Å². The van der Waals surface area contributed by atoms with Gasteiger partial charge in [0.1, 0.15) is 0 Å². The van der Waals surface area contributed by atoms with Gasteiger partial charge in [0.05, 0.1) is 0 Å². The van der Waals surface area contributed by atoms with Crippen molar-refractivity contribution < 1.29 is 0 Å². The average Bonchev–Trinajstić information content (AvgIpc) is 2.87. The SMILES string of the molecule is c1csc(CCCCNCC2CC2)c1. The van der Waals surface area contributed by atoms with E-state index in [4.69, 9.17) is 0 Å². The van der Waals surface area contributed by atoms with E-state index in [1.165, 1.54) is 50.1 Å². The molecule has 0 aliphatic heterocycles. The lowest BCUT2D eigenvalue weighted by molar-refractivity contribution is 0.597. The molecule has 1 aromatic rings. The van der Waals surface area contributed by atoms with E-state index in [2.05, 4.69) is 22.8 Å². The van der Waals surface area contributed by atoms with Crippen molar-refractivity contribution in [1.29, 1.82) is 0 Å². The molecule has 1 saturated carbocycles. The fourth-order valence-corrected chi connectivity index (χ4v) is 2.38. The van der Waals surface area contributed by atoms with Crippen LogP contribution in [0.15, 0.2) is 17.5 Å². The topological polar surface area (TPSA) is 12.0 Å². The molecule has 2 heteroatoms. The van der Waals surface area contributed by atoms with E-state index >= 15 is 0 Å². The van der Waals surface area contributed by atoms with Crippen molar-refractivity contribution in [2.24, 2.45) is 5.92 Å². The van der Waals surface area contributed by atoms with Gasteiger partial charge < -0.3 is 5.32 Å². The van der Waals surface area contributed by atoms with E-state index in [1.807, 2.05) is 11.3 Å². The number of aryl methyl sites for hydroxylation is 1. The summed E-state index contributed by atoms with van der Waals surface area (Å²) in [6.07, 6.45) is 6.84. The summed E-state index contributed by atoms with van der Waals surface area (Å²) in [7, 11) is 0. The zero-order valence-corrected chi connectivity index (χ0v) is 9.48. The van der Waals surface area contributed by atoms with Gasteiger partial charge in [-0.05, 0) is 62.6 Å². The molecular weight excluding hydrogens is 190 g/mol. The Kier molecular flexibility index (Phi) is 4.02. The third kappa shape index (κ3) is 3.81. The minimum Gasteiger partial charge on any atom is -0.316 e. The molecule has 14 heavy (non-hydrogen) atoms. The maximum atomic E-state index is 3.53. The summed E-state index contributed by atoms with van der Waals surface area (Å²) in [5, 5.41) is 5.70. The van der Waals surface area contributed by atoms with E-state index < -0.39 is 0 Å². The van der Waals surface area contributed by atoms with Crippen molar-refractivity contribution in [2.75, 3.05) is 13.1 Å². The van der Waals surface area contributed by atoms with Crippen LogP contribution in [0.3, 0.4) is 0 Å². The van der Waals surface area contributed by atoms with Gasteiger partial charge in [0.2, 0.25) is 0 Å². The van der Waals surface area contributed by atoms with Crippen molar-refractivity contribution >= 4 is 11.3 Å². The first-order chi connectivity index (χ1) is 6.95. The molecular formula is C12H19NS. The van der Waals surface area contributed by atoms with Crippen LogP contribution in [0.1, 0.15) is 30.6 Å². The Morgan fingerprint density at radius 1 is 1.36 bits per heavy atom. The molecule has 1 heterocycles. The first kappa shape index (κ1) is 10.2. The lowest BCUT2D eigenvalue weighted by Gasteiger charge is -2.02. The highest BCUT2D eigenvalue weighted by Crippen LogP contribution is 2.27. The standard InChI is InChI=1S/C12H19NS/c1(4-12-5-3-9-14-12)2-8-13-10-11-6-7-11/h3,5,9,11,13H,1-2,4,6-8,10H2. The molecule has 0 atom stereocenters. The lowest BCUT2D eigenvalue weighted by atomic mass is 10.2. The average molecular weight is 209 g/mol. The van der Waals surface area contributed by atoms with Crippen LogP contribution < -0.4 is 5.32 Å². The van der Waals surface area contributed by atoms with Gasteiger partial charge in [0.15, 0.2) is 0 Å². The number of hydrogen-bond donors (Lipinski definition) is 1. The zero-order chi connectivity index (χ0) is 9.64. The molecule has 1 N–H and O–H groups in total. The van der Waals surface area contributed by atoms with Gasteiger partial charge >= 0.3 is 0 Å². The van der Waals surface area contributed by atoms with E-state index in [-0.39, 0.29) is 0 Å². The molecule has 0 aromatic carbocycles. The number of rotatable bonds is 7. The number of unbranched alkanes of at least 4 members (excludes halogenated alkanes) is 1. The third-order valence-electron chi connectivity index (χ3n) is 2.74. The summed E-state index contributed by atoms with van der Waals surface area (Å²) in [5.74, 6) is 1.02. The van der Waals surface area contributed by atoms with Gasteiger partial charge in [-0.25, -0.2) is 0 Å². The van der Waals surface area contributed by atoms with E-state index in [0.29, 0.717) is 0 Å². The summed E-state index contributed by atoms with van der Waals surface area (Å²) in [4.78, 5) is 1.53. The Morgan fingerprint density at radius 2 is 2.29 bits per heavy atom. The fourth-order valence-electron chi connectivity index (χ4n) is 1.63. The van der Waals surface area contributed by atoms with Gasteiger partial charge in [-0.3, -0.25) is 0 Å². The van der Waals surface area contributed by atoms with Crippen LogP contribution in [0, 0.1) is 5.92 Å². The van der Waals surface area contributed by atoms with Crippen LogP contribution in [0.4, 0.5) is 0 Å². The van der Waals surface area contributed by atoms with E-state index in [0.717, 1.165) is 5.92 Å². The van der Waals surface area contributed by atoms with Gasteiger partial charge in [-0.2, -0.15) is 0 Å². The maximum absolute atomic E-state index is 3.53. The smallest absolute Gasteiger partial charge is 0.00452 e. The molecule has 0 unspecified atom stereocenters. The second-order valence-corrected chi connectivity index (χ2v) is 5.22. The molecule has 0 saturated heterocycles. The van der Waals surface area contributed by atoms with Crippen molar-refractivity contribution in [3.05, 3.63) is 22.4 Å². The van der Waals surface area contributed by atoms with Gasteiger partial charge in [0.25, 0.3) is 0 Å². The van der Waals surface area contributed by atoms with Gasteiger partial charge in [0, 0.05) is 4.88 Å². The second kappa shape index (κ2) is 5.52. The number of nitrogens with one attached hydrogen (secondary N) is 1. The largest absolute Gasteiger partial charge is 0.316 e. The Balaban J connectivity index is 1.43. The number of hydrogen-bond acceptors (Lipinski definition) is 2. The van der Waals surface area contributed by atoms with Crippen LogP contribution >= 0.6 is 11.3 Å². The summed E-state index contributed by atoms with van der Waals surface area (Å²) in [5.41, 5.74) is 0. The molecule has 2 rings (SSSR count). The molecule has 1 aromatic heterocycles. The normalized spacial score (nSPS) is 16.0. The predicted molar refractivity (Wildman–Crippen MR) is 62.9 cm³/mol. The Hall–Kier alpha value is -0.340. The zero-order valence-electron chi connectivity index (χ0n) is 8.67. The quantitative estimate of drug-likeness (QED) is 0.681. The first-order valence-electron chi connectivity index (χ1n) is 5.68. The van der Waals surface area contributed by atoms with Crippen molar-refractivity contribution in [3.63, 3.8) is 0 Å². The highest BCUT2D eigenvalue weighted by atomic mass is 32.1. The minimum atomic E-state index is 1.02. The monoisotopic (exact) mass is 209 g/mol. The Bertz CT molecular complexity index is 239. The molecule has 78 valence electrons. The lowest BCUT2D eigenvalue weighted by Crippen LogP contribution is -2.18. The first-order valence-corrected chi connectivity index (χ1v) is 6.56. The second-order valence-electron chi connectivity index (χ2n) is 4.18. The Morgan fingerprint density at radius 3 is 3.00 bits per heavy atom. The molecule has 1 fully saturated rings. The van der Waals surface area contributed by atoms with Crippen LogP contribution in [0.5, 0.6) is 0 Å². The molecule has 1 nitrogen and oxygen atoms in total. The highest BCUT2D eigenvalue weighted by molar-refractivity contribution is 7.09. The predicted octanol–water partition coefficient (Wildman–Crippen LogP) is 3.07. The minimum absolute atomic E-state index is 1.02. The molecule has 0 amide bonds. The van der Waals surface area contributed by atoms with Crippen molar-refractivity contribution in [3.8, 4) is 0 Å².